The summed E-state index contributed by atoms with van der Waals surface area (Å²) in [5.74, 6) is 1.48. The van der Waals surface area contributed by atoms with Crippen LogP contribution in [0, 0.1) is 15.4 Å². The molecule has 0 bridgehead atoms. The van der Waals surface area contributed by atoms with E-state index in [1.165, 1.54) is 19.3 Å². The molecule has 0 spiro atoms. The molecule has 1 unspecified atom stereocenters. The van der Waals surface area contributed by atoms with E-state index in [9.17, 15) is 4.79 Å². The fourth-order valence-electron chi connectivity index (χ4n) is 2.11. The molecule has 0 radical (unpaired) electrons. The lowest BCUT2D eigenvalue weighted by atomic mass is 9.77. The Labute approximate surface area is 104 Å². The molecule has 0 saturated heterocycles. The van der Waals surface area contributed by atoms with E-state index in [0.29, 0.717) is 5.92 Å². The number of pyridine rings is 1. The van der Waals surface area contributed by atoms with Crippen molar-refractivity contribution in [3.63, 3.8) is 0 Å². The molecule has 1 aromatic heterocycles. The van der Waals surface area contributed by atoms with Crippen LogP contribution in [0.5, 0.6) is 0 Å². The van der Waals surface area contributed by atoms with Gasteiger partial charge in [-0.2, -0.15) is 0 Å². The van der Waals surface area contributed by atoms with E-state index in [4.69, 9.17) is 0 Å². The van der Waals surface area contributed by atoms with E-state index in [1.807, 2.05) is 16.8 Å². The van der Waals surface area contributed by atoms with Crippen molar-refractivity contribution < 1.29 is 0 Å². The van der Waals surface area contributed by atoms with E-state index in [0.717, 1.165) is 16.0 Å². The average molecular weight is 317 g/mol. The molecule has 1 aliphatic rings. The highest BCUT2D eigenvalue weighted by Gasteiger charge is 2.24. The van der Waals surface area contributed by atoms with E-state index >= 15 is 0 Å². The molecule has 2 nitrogen and oxygen atoms in total. The molecule has 15 heavy (non-hydrogen) atoms. The zero-order chi connectivity index (χ0) is 10.8. The summed E-state index contributed by atoms with van der Waals surface area (Å²) < 4.78 is 2.98. The molecule has 0 aromatic carbocycles. The number of aromatic nitrogens is 1. The van der Waals surface area contributed by atoms with Crippen LogP contribution in [0.3, 0.4) is 0 Å². The zero-order valence-electron chi connectivity index (χ0n) is 8.95. The standard InChI is InChI=1S/C12H16INO/c1-9(10-3-2-4-10)7-14-8-11(13)5-6-12(14)15/h5-6,8-10H,2-4,7H2,1H3. The van der Waals surface area contributed by atoms with Gasteiger partial charge in [-0.3, -0.25) is 4.79 Å². The Hall–Kier alpha value is -0.320. The zero-order valence-corrected chi connectivity index (χ0v) is 11.1. The molecule has 0 N–H and O–H groups in total. The highest BCUT2D eigenvalue weighted by Crippen LogP contribution is 2.33. The van der Waals surface area contributed by atoms with Gasteiger partial charge >= 0.3 is 0 Å². The van der Waals surface area contributed by atoms with Gasteiger partial charge < -0.3 is 4.57 Å². The van der Waals surface area contributed by atoms with Crippen LogP contribution in [-0.2, 0) is 6.54 Å². The summed E-state index contributed by atoms with van der Waals surface area (Å²) in [5.41, 5.74) is 0.126. The van der Waals surface area contributed by atoms with Crippen molar-refractivity contribution in [2.45, 2.75) is 32.7 Å². The second-order valence-electron chi connectivity index (χ2n) is 4.51. The van der Waals surface area contributed by atoms with Gasteiger partial charge in [0.2, 0.25) is 0 Å². The normalized spacial score (nSPS) is 18.5. The third kappa shape index (κ3) is 2.62. The Morgan fingerprint density at radius 1 is 1.53 bits per heavy atom. The Morgan fingerprint density at radius 3 is 2.87 bits per heavy atom. The van der Waals surface area contributed by atoms with Crippen molar-refractivity contribution in [2.75, 3.05) is 0 Å². The summed E-state index contributed by atoms with van der Waals surface area (Å²) in [6, 6.07) is 3.53. The summed E-state index contributed by atoms with van der Waals surface area (Å²) in [6.07, 6.45) is 6.02. The largest absolute Gasteiger partial charge is 0.314 e. The molecule has 2 rings (SSSR count). The van der Waals surface area contributed by atoms with Crippen LogP contribution in [0.15, 0.2) is 23.1 Å². The predicted molar refractivity (Wildman–Crippen MR) is 69.9 cm³/mol. The van der Waals surface area contributed by atoms with Gasteiger partial charge in [0, 0.05) is 22.4 Å². The van der Waals surface area contributed by atoms with Gasteiger partial charge in [0.1, 0.15) is 0 Å². The molecule has 1 fully saturated rings. The molecule has 82 valence electrons. The predicted octanol–water partition coefficient (Wildman–Crippen LogP) is 2.89. The van der Waals surface area contributed by atoms with E-state index in [1.54, 1.807) is 6.07 Å². The molecule has 0 amide bonds. The molecule has 1 heterocycles. The third-order valence-corrected chi connectivity index (χ3v) is 4.02. The van der Waals surface area contributed by atoms with Gasteiger partial charge in [0.15, 0.2) is 0 Å². The van der Waals surface area contributed by atoms with Gasteiger partial charge in [0.05, 0.1) is 0 Å². The number of hydrogen-bond acceptors (Lipinski definition) is 1. The first-order valence-electron chi connectivity index (χ1n) is 5.53. The van der Waals surface area contributed by atoms with Gasteiger partial charge in [-0.1, -0.05) is 26.2 Å². The first kappa shape index (κ1) is 11.2. The maximum atomic E-state index is 11.6. The van der Waals surface area contributed by atoms with E-state index < -0.39 is 0 Å². The highest BCUT2D eigenvalue weighted by molar-refractivity contribution is 14.1. The van der Waals surface area contributed by atoms with Crippen molar-refractivity contribution in [2.24, 2.45) is 11.8 Å². The minimum Gasteiger partial charge on any atom is -0.314 e. The average Bonchev–Trinajstić information content (AvgIpc) is 2.08. The number of halogens is 1. The maximum Gasteiger partial charge on any atom is 0.250 e. The Balaban J connectivity index is 2.09. The topological polar surface area (TPSA) is 22.0 Å². The molecule has 0 aliphatic heterocycles. The Kier molecular flexibility index (Phi) is 3.49. The highest BCUT2D eigenvalue weighted by atomic mass is 127. The fraction of sp³-hybridized carbons (Fsp3) is 0.583. The van der Waals surface area contributed by atoms with Crippen LogP contribution in [0.4, 0.5) is 0 Å². The van der Waals surface area contributed by atoms with Crippen LogP contribution < -0.4 is 5.56 Å². The van der Waals surface area contributed by atoms with Gasteiger partial charge in [-0.05, 0) is 40.5 Å². The summed E-state index contributed by atoms with van der Waals surface area (Å²) in [7, 11) is 0. The summed E-state index contributed by atoms with van der Waals surface area (Å²) in [6.45, 7) is 3.14. The minimum absolute atomic E-state index is 0.126. The number of rotatable bonds is 3. The molecule has 3 heteroatoms. The first-order valence-corrected chi connectivity index (χ1v) is 6.60. The van der Waals surface area contributed by atoms with Crippen LogP contribution in [0.1, 0.15) is 26.2 Å². The van der Waals surface area contributed by atoms with Crippen LogP contribution in [0.2, 0.25) is 0 Å². The molecule has 1 saturated carbocycles. The second kappa shape index (κ2) is 4.68. The molecule has 1 atom stereocenters. The molecule has 1 aliphatic carbocycles. The van der Waals surface area contributed by atoms with Crippen molar-refractivity contribution in [1.29, 1.82) is 0 Å². The molecule has 1 aromatic rings. The summed E-state index contributed by atoms with van der Waals surface area (Å²) in [5, 5.41) is 0. The monoisotopic (exact) mass is 317 g/mol. The third-order valence-electron chi connectivity index (χ3n) is 3.39. The van der Waals surface area contributed by atoms with Gasteiger partial charge in [-0.15, -0.1) is 0 Å². The quantitative estimate of drug-likeness (QED) is 0.786. The van der Waals surface area contributed by atoms with Crippen molar-refractivity contribution in [1.82, 2.24) is 4.57 Å². The van der Waals surface area contributed by atoms with Crippen molar-refractivity contribution >= 4 is 22.6 Å². The lowest BCUT2D eigenvalue weighted by Gasteiger charge is -2.31. The van der Waals surface area contributed by atoms with Crippen molar-refractivity contribution in [3.05, 3.63) is 32.3 Å². The molecular weight excluding hydrogens is 301 g/mol. The van der Waals surface area contributed by atoms with E-state index in [-0.39, 0.29) is 5.56 Å². The van der Waals surface area contributed by atoms with Gasteiger partial charge in [-0.25, -0.2) is 0 Å². The van der Waals surface area contributed by atoms with Crippen LogP contribution in [0.25, 0.3) is 0 Å². The Morgan fingerprint density at radius 2 is 2.27 bits per heavy atom. The van der Waals surface area contributed by atoms with Gasteiger partial charge in [0.25, 0.3) is 5.56 Å². The number of nitrogens with zero attached hydrogens (tertiary/aromatic N) is 1. The lowest BCUT2D eigenvalue weighted by molar-refractivity contribution is 0.199. The summed E-state index contributed by atoms with van der Waals surface area (Å²) in [4.78, 5) is 11.6. The summed E-state index contributed by atoms with van der Waals surface area (Å²) >= 11 is 2.25. The van der Waals surface area contributed by atoms with Crippen molar-refractivity contribution in [3.8, 4) is 0 Å². The SMILES string of the molecule is CC(Cn1cc(I)ccc1=O)C1CCC1. The van der Waals surface area contributed by atoms with Crippen LogP contribution in [-0.4, -0.2) is 4.57 Å². The van der Waals surface area contributed by atoms with E-state index in [2.05, 4.69) is 29.5 Å². The first-order chi connectivity index (χ1) is 7.16. The second-order valence-corrected chi connectivity index (χ2v) is 5.75. The smallest absolute Gasteiger partial charge is 0.250 e. The number of hydrogen-bond donors (Lipinski definition) is 0. The maximum absolute atomic E-state index is 11.6. The molecular formula is C12H16INO. The Bertz CT molecular complexity index is 395. The van der Waals surface area contributed by atoms with Crippen LogP contribution >= 0.6 is 22.6 Å². The fourth-order valence-corrected chi connectivity index (χ4v) is 2.63. The lowest BCUT2D eigenvalue weighted by Crippen LogP contribution is -2.28. The minimum atomic E-state index is 0.126.